The zero-order valence-electron chi connectivity index (χ0n) is 21.1. The molecule has 2 aromatic heterocycles. The molecular formula is C26H28ClF4N7. The van der Waals surface area contributed by atoms with Crippen molar-refractivity contribution in [3.05, 3.63) is 59.0 Å². The van der Waals surface area contributed by atoms with Crippen molar-refractivity contribution in [3.8, 4) is 11.3 Å². The predicted molar refractivity (Wildman–Crippen MR) is 140 cm³/mol. The highest BCUT2D eigenvalue weighted by atomic mass is 35.5. The van der Waals surface area contributed by atoms with Crippen LogP contribution in [0.2, 0.25) is 5.02 Å². The van der Waals surface area contributed by atoms with Gasteiger partial charge in [0.25, 0.3) is 0 Å². The molecule has 12 heteroatoms. The van der Waals surface area contributed by atoms with Gasteiger partial charge in [0.1, 0.15) is 17.5 Å². The summed E-state index contributed by atoms with van der Waals surface area (Å²) in [6.07, 6.45) is -3.10. The summed E-state index contributed by atoms with van der Waals surface area (Å²) in [6.45, 7) is 6.18. The molecule has 1 atom stereocenters. The summed E-state index contributed by atoms with van der Waals surface area (Å²) in [5.74, 6) is 0.649. The molecule has 2 saturated heterocycles. The average molecular weight is 550 g/mol. The largest absolute Gasteiger partial charge is 0.419 e. The maximum absolute atomic E-state index is 13.9. The maximum atomic E-state index is 13.9. The number of hydrogen-bond donors (Lipinski definition) is 0. The first-order valence-corrected chi connectivity index (χ1v) is 12.8. The second kappa shape index (κ2) is 10.5. The van der Waals surface area contributed by atoms with Crippen LogP contribution in [0.25, 0.3) is 11.3 Å². The van der Waals surface area contributed by atoms with E-state index in [2.05, 4.69) is 28.8 Å². The third kappa shape index (κ3) is 5.49. The zero-order chi connectivity index (χ0) is 27.0. The van der Waals surface area contributed by atoms with Gasteiger partial charge < -0.3 is 19.6 Å². The molecule has 202 valence electrons. The van der Waals surface area contributed by atoms with Crippen LogP contribution >= 0.6 is 11.6 Å². The molecule has 5 rings (SSSR count). The number of halogens is 5. The van der Waals surface area contributed by atoms with Crippen LogP contribution in [0.5, 0.6) is 0 Å². The number of alkyl halides is 3. The number of hydrogen-bond acceptors (Lipinski definition) is 7. The van der Waals surface area contributed by atoms with Crippen molar-refractivity contribution in [2.75, 3.05) is 67.6 Å². The van der Waals surface area contributed by atoms with Crippen LogP contribution in [0.15, 0.2) is 42.6 Å². The Morgan fingerprint density at radius 2 is 1.68 bits per heavy atom. The topological polar surface area (TPSA) is 51.6 Å². The van der Waals surface area contributed by atoms with Crippen molar-refractivity contribution >= 4 is 29.2 Å². The van der Waals surface area contributed by atoms with E-state index in [9.17, 15) is 17.6 Å². The molecule has 0 N–H and O–H groups in total. The Hall–Kier alpha value is -3.18. The summed E-state index contributed by atoms with van der Waals surface area (Å²) in [5, 5.41) is 0.00150. The molecule has 0 aliphatic carbocycles. The van der Waals surface area contributed by atoms with Crippen LogP contribution in [0.4, 0.5) is 35.1 Å². The fraction of sp³-hybridized carbons (Fsp3) is 0.423. The van der Waals surface area contributed by atoms with Crippen molar-refractivity contribution < 1.29 is 17.6 Å². The molecule has 0 saturated carbocycles. The summed E-state index contributed by atoms with van der Waals surface area (Å²) >= 11 is 6.06. The van der Waals surface area contributed by atoms with E-state index in [1.165, 1.54) is 24.4 Å². The molecule has 4 heterocycles. The molecule has 2 aliphatic heterocycles. The average Bonchev–Trinajstić information content (AvgIpc) is 2.89. The molecule has 0 amide bonds. The molecule has 0 radical (unpaired) electrons. The van der Waals surface area contributed by atoms with Crippen molar-refractivity contribution in [1.82, 2.24) is 19.9 Å². The number of pyridine rings is 1. The van der Waals surface area contributed by atoms with Crippen LogP contribution in [-0.4, -0.2) is 78.8 Å². The minimum absolute atomic E-state index is 0.00150. The van der Waals surface area contributed by atoms with Gasteiger partial charge in [-0.2, -0.15) is 18.2 Å². The van der Waals surface area contributed by atoms with Crippen LogP contribution in [-0.2, 0) is 6.18 Å². The first kappa shape index (κ1) is 26.4. The number of rotatable bonds is 4. The highest BCUT2D eigenvalue weighted by molar-refractivity contribution is 6.31. The second-order valence-electron chi connectivity index (χ2n) is 9.69. The SMILES string of the molecule is CC1CN(C)CCN1c1nc(-c2ccc(F)c(Cl)c2)cc(N2CCN(c3ncccc3C(F)(F)F)CC2)n1. The summed E-state index contributed by atoms with van der Waals surface area (Å²) in [7, 11) is 2.07. The molecule has 0 bridgehead atoms. The van der Waals surface area contributed by atoms with Gasteiger partial charge in [-0.3, -0.25) is 0 Å². The number of aromatic nitrogens is 3. The van der Waals surface area contributed by atoms with Crippen LogP contribution in [0.3, 0.4) is 0 Å². The number of anilines is 3. The number of piperazine rings is 2. The van der Waals surface area contributed by atoms with E-state index < -0.39 is 17.6 Å². The van der Waals surface area contributed by atoms with Gasteiger partial charge in [-0.15, -0.1) is 0 Å². The van der Waals surface area contributed by atoms with E-state index >= 15 is 0 Å². The summed E-state index contributed by atoms with van der Waals surface area (Å²) < 4.78 is 54.5. The lowest BCUT2D eigenvalue weighted by Gasteiger charge is -2.39. The van der Waals surface area contributed by atoms with Gasteiger partial charge in [0, 0.05) is 69.7 Å². The smallest absolute Gasteiger partial charge is 0.353 e. The predicted octanol–water partition coefficient (Wildman–Crippen LogP) is 4.82. The van der Waals surface area contributed by atoms with Gasteiger partial charge in [-0.1, -0.05) is 11.6 Å². The Balaban J connectivity index is 1.45. The van der Waals surface area contributed by atoms with Crippen molar-refractivity contribution in [2.45, 2.75) is 19.1 Å². The van der Waals surface area contributed by atoms with Crippen LogP contribution in [0, 0.1) is 5.82 Å². The fourth-order valence-corrected chi connectivity index (χ4v) is 5.15. The molecule has 0 spiro atoms. The normalized spacial score (nSPS) is 19.2. The van der Waals surface area contributed by atoms with Crippen molar-refractivity contribution in [3.63, 3.8) is 0 Å². The quantitative estimate of drug-likeness (QED) is 0.433. The Morgan fingerprint density at radius 3 is 2.37 bits per heavy atom. The van der Waals surface area contributed by atoms with Gasteiger partial charge in [0.15, 0.2) is 0 Å². The van der Waals surface area contributed by atoms with Crippen molar-refractivity contribution in [2.24, 2.45) is 0 Å². The molecule has 1 unspecified atom stereocenters. The lowest BCUT2D eigenvalue weighted by molar-refractivity contribution is -0.137. The third-order valence-corrected chi connectivity index (χ3v) is 7.29. The molecule has 7 nitrogen and oxygen atoms in total. The third-order valence-electron chi connectivity index (χ3n) is 7.00. The Morgan fingerprint density at radius 1 is 0.947 bits per heavy atom. The first-order chi connectivity index (χ1) is 18.1. The standard InChI is InChI=1S/C26H28ClF4N7/c1-17-16-35(2)8-13-38(17)25-33-22(18-5-6-21(28)20(27)14-18)15-23(34-25)36-9-11-37(12-10-36)24-19(26(29,30)31)4-3-7-32-24/h3-7,14-15,17H,8-13,16H2,1-2H3. The zero-order valence-corrected chi connectivity index (χ0v) is 21.8. The lowest BCUT2D eigenvalue weighted by atomic mass is 10.1. The Labute approximate surface area is 223 Å². The van der Waals surface area contributed by atoms with Gasteiger partial charge in [0.2, 0.25) is 5.95 Å². The first-order valence-electron chi connectivity index (χ1n) is 12.4. The van der Waals surface area contributed by atoms with E-state index in [0.29, 0.717) is 49.2 Å². The summed E-state index contributed by atoms with van der Waals surface area (Å²) in [6, 6.07) is 8.83. The van der Waals surface area contributed by atoms with Gasteiger partial charge in [-0.25, -0.2) is 14.4 Å². The monoisotopic (exact) mass is 549 g/mol. The fourth-order valence-electron chi connectivity index (χ4n) is 4.97. The minimum Gasteiger partial charge on any atom is -0.353 e. The molecular weight excluding hydrogens is 522 g/mol. The Bertz CT molecular complexity index is 1300. The molecule has 3 aromatic rings. The van der Waals surface area contributed by atoms with E-state index in [-0.39, 0.29) is 16.9 Å². The second-order valence-corrected chi connectivity index (χ2v) is 10.1. The highest BCUT2D eigenvalue weighted by Gasteiger charge is 2.36. The molecule has 1 aromatic carbocycles. The van der Waals surface area contributed by atoms with Crippen LogP contribution in [0.1, 0.15) is 12.5 Å². The van der Waals surface area contributed by atoms with E-state index in [1.807, 2.05) is 11.0 Å². The minimum atomic E-state index is -4.48. The maximum Gasteiger partial charge on any atom is 0.419 e. The molecule has 2 fully saturated rings. The summed E-state index contributed by atoms with van der Waals surface area (Å²) in [5.41, 5.74) is 0.520. The van der Waals surface area contributed by atoms with Gasteiger partial charge in [-0.05, 0) is 44.3 Å². The van der Waals surface area contributed by atoms with Crippen molar-refractivity contribution in [1.29, 1.82) is 0 Å². The van der Waals surface area contributed by atoms with Gasteiger partial charge in [0.05, 0.1) is 16.3 Å². The molecule has 38 heavy (non-hydrogen) atoms. The lowest BCUT2D eigenvalue weighted by Crippen LogP contribution is -2.51. The number of nitrogens with zero attached hydrogens (tertiary/aromatic N) is 7. The number of likely N-dealkylation sites (N-methyl/N-ethyl adjacent to an activating group) is 1. The van der Waals surface area contributed by atoms with E-state index in [0.717, 1.165) is 25.7 Å². The van der Waals surface area contributed by atoms with E-state index in [4.69, 9.17) is 21.6 Å². The molecule has 2 aliphatic rings. The number of benzene rings is 1. The Kier molecular flexibility index (Phi) is 7.32. The van der Waals surface area contributed by atoms with Gasteiger partial charge >= 0.3 is 6.18 Å². The van der Waals surface area contributed by atoms with Crippen LogP contribution < -0.4 is 14.7 Å². The highest BCUT2D eigenvalue weighted by Crippen LogP contribution is 2.36. The summed E-state index contributed by atoms with van der Waals surface area (Å²) in [4.78, 5) is 21.8. The van der Waals surface area contributed by atoms with E-state index in [1.54, 1.807) is 11.0 Å².